The number of aryl methyl sites for hydroxylation is 3. The molecule has 8 aromatic rings. The summed E-state index contributed by atoms with van der Waals surface area (Å²) in [7, 11) is 3.95. The molecule has 0 aliphatic heterocycles. The maximum atomic E-state index is 12.7. The van der Waals surface area contributed by atoms with Crippen LogP contribution in [-0.2, 0) is 14.1 Å². The van der Waals surface area contributed by atoms with Gasteiger partial charge >= 0.3 is 0 Å². The molecule has 0 radical (unpaired) electrons. The van der Waals surface area contributed by atoms with Crippen LogP contribution in [0, 0.1) is 6.92 Å². The molecule has 0 saturated carbocycles. The lowest BCUT2D eigenvalue weighted by molar-refractivity contribution is -0.671. The first kappa shape index (κ1) is 41.7. The summed E-state index contributed by atoms with van der Waals surface area (Å²) in [6.07, 6.45) is 9.69. The van der Waals surface area contributed by atoms with Crippen molar-refractivity contribution in [2.75, 3.05) is 32.3 Å². The van der Waals surface area contributed by atoms with Gasteiger partial charge in [0.25, 0.3) is 11.8 Å². The smallest absolute Gasteiger partial charge is 0.255 e. The van der Waals surface area contributed by atoms with Gasteiger partial charge < -0.3 is 57.1 Å². The first-order valence-corrected chi connectivity index (χ1v) is 19.0. The monoisotopic (exact) mass is 860 g/mol. The number of aromatic nitrogens is 3. The molecule has 2 amide bonds. The predicted octanol–water partition coefficient (Wildman–Crippen LogP) is 3.94. The molecule has 0 fully saturated rings. The number of nitrogens with zero attached hydrogens (tertiary/aromatic N) is 3. The third-order valence-electron chi connectivity index (χ3n) is 9.32. The SMILES string of the molecule is C[n+]1ccc(Nc2ccc(C(=O)Nc3ccc(N)cc3)cc2)cc1.Cc1ccc2nccc(Nc3ccc(NC(=O)c4ccc(Nc5cc[n+](C)cc5)cc4)cc3)c2c1.[2HH].[2H][2H].[2H][2H].[Cl-].[Cl-]. The number of anilines is 9. The lowest BCUT2D eigenvalue weighted by Crippen LogP contribution is -3.00. The van der Waals surface area contributed by atoms with E-state index in [1.165, 1.54) is 5.56 Å². The van der Waals surface area contributed by atoms with Gasteiger partial charge in [0.05, 0.1) is 16.9 Å². The standard InChI is InChI=1S/C29H25N5O.C19H18N4O.2ClH.3H2/c1-20-3-12-27-26(19-20)28(13-16-30-27)32-23-8-10-24(11-9-23)33-29(35)21-4-6-22(7-5-21)31-25-14-17-34(2)18-15-25;1-23-12-10-18(11-13-23)21-16-6-2-14(3-7-16)19(24)22-17-8-4-15(20)5-9-17;;;;;/h3-19H,1-2H3,(H2,30,32,33,35);2-13H,20H2,1H3,(H,22,24);5*1H/i;;;;2*1+1D;1+1. The number of benzene rings is 5. The van der Waals surface area contributed by atoms with Crippen LogP contribution in [0.25, 0.3) is 10.9 Å². The van der Waals surface area contributed by atoms with E-state index < -0.39 is 0 Å². The molecule has 0 bridgehead atoms. The number of hydrogen-bond acceptors (Lipinski definition) is 7. The van der Waals surface area contributed by atoms with Gasteiger partial charge in [-0.1, -0.05) is 11.6 Å². The topological polar surface area (TPSA) is 141 Å². The molecule has 3 aromatic heterocycles. The molecule has 0 aliphatic carbocycles. The molecule has 13 heteroatoms. The molecular weight excluding hydrogens is 805 g/mol. The van der Waals surface area contributed by atoms with Crippen molar-refractivity contribution < 1.29 is 50.9 Å². The van der Waals surface area contributed by atoms with Gasteiger partial charge in [0, 0.05) is 94.2 Å². The molecule has 0 unspecified atom stereocenters. The number of nitrogens with one attached hydrogen (secondary N) is 5. The molecule has 0 atom stereocenters. The molecular formula is C48H51Cl2N9O2. The Morgan fingerprint density at radius 1 is 0.525 bits per heavy atom. The van der Waals surface area contributed by atoms with E-state index in [4.69, 9.17) is 11.7 Å². The largest absolute Gasteiger partial charge is 1.00 e. The van der Waals surface area contributed by atoms with Gasteiger partial charge in [0.1, 0.15) is 14.1 Å². The summed E-state index contributed by atoms with van der Waals surface area (Å²) in [6, 6.07) is 45.6. The predicted molar refractivity (Wildman–Crippen MR) is 244 cm³/mol. The number of hydrogen-bond donors (Lipinski definition) is 6. The molecule has 11 nitrogen and oxygen atoms in total. The van der Waals surface area contributed by atoms with E-state index in [1.807, 2.05) is 145 Å². The van der Waals surface area contributed by atoms with E-state index in [0.29, 0.717) is 22.5 Å². The van der Waals surface area contributed by atoms with Gasteiger partial charge in [-0.2, -0.15) is 0 Å². The molecule has 8 rings (SSSR count). The Bertz CT molecular complexity index is 2700. The Hall–Kier alpha value is -7.47. The van der Waals surface area contributed by atoms with E-state index in [9.17, 15) is 9.59 Å². The van der Waals surface area contributed by atoms with Gasteiger partial charge in [0.15, 0.2) is 24.8 Å². The average Bonchev–Trinajstić information content (AvgIpc) is 3.31. The molecule has 0 aliphatic rings. The fourth-order valence-corrected chi connectivity index (χ4v) is 6.05. The molecule has 5 aromatic carbocycles. The van der Waals surface area contributed by atoms with Crippen molar-refractivity contribution in [3.05, 3.63) is 193 Å². The van der Waals surface area contributed by atoms with Crippen molar-refractivity contribution in [2.45, 2.75) is 6.92 Å². The Kier molecular flexibility index (Phi) is 14.3. The maximum absolute atomic E-state index is 12.7. The van der Waals surface area contributed by atoms with Gasteiger partial charge in [-0.15, -0.1) is 0 Å². The van der Waals surface area contributed by atoms with E-state index in [1.54, 1.807) is 42.6 Å². The summed E-state index contributed by atoms with van der Waals surface area (Å²) < 4.78 is 23.9. The third kappa shape index (κ3) is 12.5. The van der Waals surface area contributed by atoms with Crippen LogP contribution < -0.4 is 66.3 Å². The Balaban J connectivity index is 0.000000426. The van der Waals surface area contributed by atoms with Gasteiger partial charge in [-0.3, -0.25) is 14.6 Å². The summed E-state index contributed by atoms with van der Waals surface area (Å²) in [5.41, 5.74) is 16.8. The zero-order chi connectivity index (χ0) is 45.1. The molecule has 314 valence electrons. The number of nitrogens with two attached hydrogens (primary N) is 1. The minimum atomic E-state index is -0.155. The van der Waals surface area contributed by atoms with Crippen molar-refractivity contribution in [3.63, 3.8) is 0 Å². The Morgan fingerprint density at radius 3 is 1.39 bits per heavy atom. The number of carbonyl (C=O) groups is 2. The van der Waals surface area contributed by atoms with Crippen LogP contribution in [0.5, 0.6) is 0 Å². The second-order valence-electron chi connectivity index (χ2n) is 14.0. The third-order valence-corrected chi connectivity index (χ3v) is 9.32. The first-order chi connectivity index (χ1) is 30.6. The molecule has 3 heterocycles. The molecule has 7 N–H and O–H groups in total. The van der Waals surface area contributed by atoms with Crippen LogP contribution >= 0.6 is 0 Å². The zero-order valence-corrected chi connectivity index (χ0v) is 35.2. The van der Waals surface area contributed by atoms with Crippen molar-refractivity contribution in [3.8, 4) is 0 Å². The molecule has 0 spiro atoms. The Morgan fingerprint density at radius 2 is 0.918 bits per heavy atom. The number of fused-ring (bicyclic) bond motifs is 1. The maximum Gasteiger partial charge on any atom is 0.255 e. The summed E-state index contributed by atoms with van der Waals surface area (Å²) in [5.74, 6) is -0.308. The highest BCUT2D eigenvalue weighted by molar-refractivity contribution is 6.05. The Labute approximate surface area is 375 Å². The van der Waals surface area contributed by atoms with E-state index in [-0.39, 0.29) is 38.1 Å². The highest BCUT2D eigenvalue weighted by Gasteiger charge is 2.09. The zero-order valence-electron chi connectivity index (χ0n) is 37.7. The number of pyridine rings is 3. The van der Waals surface area contributed by atoms with Crippen LogP contribution in [0.15, 0.2) is 177 Å². The first-order valence-electron chi connectivity index (χ1n) is 21.0. The van der Waals surface area contributed by atoms with Gasteiger partial charge in [-0.05, 0) is 122 Å². The van der Waals surface area contributed by atoms with Crippen LogP contribution in [0.2, 0.25) is 0 Å². The minimum absolute atomic E-state index is 0. The fraction of sp³-hybridized carbons (Fsp3) is 0.0625. The average molecular weight is 862 g/mol. The van der Waals surface area contributed by atoms with Gasteiger partial charge in [0.2, 0.25) is 0 Å². The fourth-order valence-electron chi connectivity index (χ4n) is 6.05. The van der Waals surface area contributed by atoms with E-state index in [0.717, 1.165) is 50.7 Å². The molecule has 61 heavy (non-hydrogen) atoms. The van der Waals surface area contributed by atoms with E-state index in [2.05, 4.69) is 50.6 Å². The quantitative estimate of drug-likeness (QED) is 0.0905. The number of rotatable bonds is 10. The number of carbonyl (C=O) groups excluding carboxylic acids is 2. The number of amides is 2. The lowest BCUT2D eigenvalue weighted by atomic mass is 10.1. The van der Waals surface area contributed by atoms with Crippen LogP contribution in [0.1, 0.15) is 33.6 Å². The van der Waals surface area contributed by atoms with Crippen molar-refractivity contribution >= 4 is 73.9 Å². The number of nitrogen functional groups attached to an aromatic ring is 1. The second kappa shape index (κ2) is 21.0. The van der Waals surface area contributed by atoms with Crippen LogP contribution in [0.3, 0.4) is 0 Å². The molecule has 0 saturated heterocycles. The summed E-state index contributed by atoms with van der Waals surface area (Å²) >= 11 is 0. The summed E-state index contributed by atoms with van der Waals surface area (Å²) in [5, 5.41) is 17.0. The summed E-state index contributed by atoms with van der Waals surface area (Å²) in [6.45, 7) is 2.07. The minimum Gasteiger partial charge on any atom is -1.00 e. The van der Waals surface area contributed by atoms with Crippen LogP contribution in [-0.4, -0.2) is 16.8 Å². The van der Waals surface area contributed by atoms with Crippen molar-refractivity contribution in [1.29, 1.82) is 0 Å². The summed E-state index contributed by atoms with van der Waals surface area (Å²) in [4.78, 5) is 29.4. The van der Waals surface area contributed by atoms with Crippen molar-refractivity contribution in [1.82, 2.24) is 4.98 Å². The normalized spacial score (nSPS) is 10.4. The van der Waals surface area contributed by atoms with Crippen LogP contribution in [0.4, 0.5) is 51.2 Å². The number of halogens is 2. The second-order valence-corrected chi connectivity index (χ2v) is 14.0. The lowest BCUT2D eigenvalue weighted by Gasteiger charge is -2.11. The highest BCUT2D eigenvalue weighted by Crippen LogP contribution is 2.27. The van der Waals surface area contributed by atoms with Gasteiger partial charge in [-0.25, -0.2) is 9.13 Å². The van der Waals surface area contributed by atoms with Crippen molar-refractivity contribution in [2.24, 2.45) is 14.1 Å². The highest BCUT2D eigenvalue weighted by atomic mass is 35.5. The van der Waals surface area contributed by atoms with E-state index >= 15 is 0 Å².